The van der Waals surface area contributed by atoms with Crippen LogP contribution in [0.15, 0.2) is 47.4 Å². The van der Waals surface area contributed by atoms with Gasteiger partial charge in [-0.2, -0.15) is 17.5 Å². The molecule has 0 saturated carbocycles. The van der Waals surface area contributed by atoms with E-state index in [1.54, 1.807) is 24.3 Å². The Morgan fingerprint density at radius 2 is 1.80 bits per heavy atom. The zero-order valence-corrected chi connectivity index (χ0v) is 16.8. The lowest BCUT2D eigenvalue weighted by Gasteiger charge is -2.18. The molecule has 2 aromatic rings. The summed E-state index contributed by atoms with van der Waals surface area (Å²) in [7, 11) is -2.85. The van der Waals surface area contributed by atoms with Crippen molar-refractivity contribution in [2.24, 2.45) is 0 Å². The highest BCUT2D eigenvalue weighted by atomic mass is 32.2. The molecule has 0 aliphatic carbocycles. The van der Waals surface area contributed by atoms with Crippen LogP contribution in [0.3, 0.4) is 0 Å². The van der Waals surface area contributed by atoms with Crippen LogP contribution in [0.4, 0.5) is 13.2 Å². The summed E-state index contributed by atoms with van der Waals surface area (Å²) in [6, 6.07) is 9.06. The Morgan fingerprint density at radius 3 is 2.33 bits per heavy atom. The van der Waals surface area contributed by atoms with Crippen LogP contribution in [-0.4, -0.2) is 50.1 Å². The molecule has 0 spiro atoms. The van der Waals surface area contributed by atoms with E-state index in [1.807, 2.05) is 0 Å². The second-order valence-corrected chi connectivity index (χ2v) is 9.12. The molecule has 0 radical (unpaired) electrons. The number of aliphatic carboxylic acids is 1. The quantitative estimate of drug-likeness (QED) is 0.632. The van der Waals surface area contributed by atoms with E-state index in [2.05, 4.69) is 0 Å². The van der Waals surface area contributed by atoms with Crippen molar-refractivity contribution in [3.8, 4) is 11.1 Å². The Labute approximate surface area is 171 Å². The van der Waals surface area contributed by atoms with Gasteiger partial charge in [0.1, 0.15) is 0 Å². The highest BCUT2D eigenvalue weighted by molar-refractivity contribution is 7.89. The number of likely N-dealkylation sites (N-methyl/N-ethyl adjacent to an activating group) is 1. The summed E-state index contributed by atoms with van der Waals surface area (Å²) in [5.74, 6) is -0.951. The maximum Gasteiger partial charge on any atom is 0.416 e. The van der Waals surface area contributed by atoms with E-state index in [-0.39, 0.29) is 31.1 Å². The van der Waals surface area contributed by atoms with Gasteiger partial charge in [-0.05, 0) is 41.3 Å². The highest BCUT2D eigenvalue weighted by Gasteiger charge is 2.35. The molecule has 0 amide bonds. The van der Waals surface area contributed by atoms with Crippen LogP contribution in [0.1, 0.15) is 17.5 Å². The van der Waals surface area contributed by atoms with E-state index >= 15 is 0 Å². The van der Waals surface area contributed by atoms with Crippen LogP contribution >= 0.6 is 0 Å². The van der Waals surface area contributed by atoms with Gasteiger partial charge in [-0.25, -0.2) is 8.42 Å². The summed E-state index contributed by atoms with van der Waals surface area (Å²) in [5, 5.41) is 8.75. The van der Waals surface area contributed by atoms with Gasteiger partial charge in [-0.3, -0.25) is 4.79 Å². The van der Waals surface area contributed by atoms with E-state index < -0.39 is 32.6 Å². The topological polar surface area (TPSA) is 87.2 Å². The molecule has 0 bridgehead atoms. The third-order valence-corrected chi connectivity index (χ3v) is 6.52. The third kappa shape index (κ3) is 5.38. The van der Waals surface area contributed by atoms with Gasteiger partial charge in [-0.15, -0.1) is 0 Å². The number of carboxylic acids is 1. The van der Waals surface area contributed by atoms with Gasteiger partial charge in [0.25, 0.3) is 0 Å². The number of hydrogen-bond acceptors (Lipinski definition) is 4. The fourth-order valence-corrected chi connectivity index (χ4v) is 4.21. The van der Waals surface area contributed by atoms with Crippen LogP contribution in [0.5, 0.6) is 0 Å². The predicted octanol–water partition coefficient (Wildman–Crippen LogP) is 3.41. The number of epoxide rings is 1. The first-order valence-electron chi connectivity index (χ1n) is 9.08. The Bertz CT molecular complexity index is 1030. The summed E-state index contributed by atoms with van der Waals surface area (Å²) < 4.78 is 71.9. The van der Waals surface area contributed by atoms with Crippen molar-refractivity contribution in [2.45, 2.75) is 30.0 Å². The summed E-state index contributed by atoms with van der Waals surface area (Å²) in [6.07, 6.45) is -4.75. The number of alkyl halides is 3. The van der Waals surface area contributed by atoms with E-state index in [0.29, 0.717) is 23.8 Å². The smallest absolute Gasteiger partial charge is 0.416 e. The first kappa shape index (κ1) is 22.3. The summed E-state index contributed by atoms with van der Waals surface area (Å²) in [5.41, 5.74) is 0.142. The Morgan fingerprint density at radius 1 is 1.17 bits per heavy atom. The summed E-state index contributed by atoms with van der Waals surface area (Å²) >= 11 is 0. The molecule has 1 aliphatic heterocycles. The second kappa shape index (κ2) is 8.37. The van der Waals surface area contributed by atoms with E-state index in [0.717, 1.165) is 10.4 Å². The standard InChI is InChI=1S/C20H20F3NO5S/c1-24(11-17-12-29-17)30(27,28)18-9-15(8-16(10-18)20(21,22)23)14-5-2-13(3-6-14)4-7-19(25)26/h2-3,5-6,8-10,17H,4,7,11-12H2,1H3,(H,25,26). The molecule has 6 nitrogen and oxygen atoms in total. The Kier molecular flexibility index (Phi) is 6.21. The number of benzene rings is 2. The molecule has 1 N–H and O–H groups in total. The molecule has 1 heterocycles. The Hall–Kier alpha value is -2.43. The second-order valence-electron chi connectivity index (χ2n) is 7.08. The lowest BCUT2D eigenvalue weighted by Crippen LogP contribution is -2.30. The largest absolute Gasteiger partial charge is 0.481 e. The maximum atomic E-state index is 13.4. The van der Waals surface area contributed by atoms with Gasteiger partial charge in [0, 0.05) is 20.0 Å². The minimum Gasteiger partial charge on any atom is -0.481 e. The molecule has 0 aromatic heterocycles. The van der Waals surface area contributed by atoms with Crippen LogP contribution in [-0.2, 0) is 32.2 Å². The molecular weight excluding hydrogens is 423 g/mol. The van der Waals surface area contributed by atoms with E-state index in [4.69, 9.17) is 9.84 Å². The van der Waals surface area contributed by atoms with E-state index in [9.17, 15) is 26.4 Å². The number of ether oxygens (including phenoxy) is 1. The average Bonchev–Trinajstić information content (AvgIpc) is 3.49. The minimum atomic E-state index is -4.72. The lowest BCUT2D eigenvalue weighted by atomic mass is 10.0. The summed E-state index contributed by atoms with van der Waals surface area (Å²) in [4.78, 5) is 10.2. The molecule has 1 unspecified atom stereocenters. The molecule has 1 aliphatic rings. The van der Waals surface area contributed by atoms with Gasteiger partial charge in [-0.1, -0.05) is 24.3 Å². The summed E-state index contributed by atoms with van der Waals surface area (Å²) in [6.45, 7) is 0.480. The van der Waals surface area contributed by atoms with Gasteiger partial charge >= 0.3 is 12.1 Å². The first-order chi connectivity index (χ1) is 14.0. The number of carboxylic acid groups (broad SMARTS) is 1. The number of carbonyl (C=O) groups is 1. The van der Waals surface area contributed by atoms with Crippen molar-refractivity contribution in [1.29, 1.82) is 0 Å². The molecule has 30 heavy (non-hydrogen) atoms. The van der Waals surface area contributed by atoms with Crippen LogP contribution in [0.2, 0.25) is 0 Å². The lowest BCUT2D eigenvalue weighted by molar-refractivity contribution is -0.138. The molecule has 1 saturated heterocycles. The van der Waals surface area contributed by atoms with Gasteiger partial charge in [0.15, 0.2) is 0 Å². The van der Waals surface area contributed by atoms with Gasteiger partial charge < -0.3 is 9.84 Å². The SMILES string of the molecule is CN(CC1CO1)S(=O)(=O)c1cc(-c2ccc(CCC(=O)O)cc2)cc(C(F)(F)F)c1. The van der Waals surface area contributed by atoms with Crippen LogP contribution in [0.25, 0.3) is 11.1 Å². The number of rotatable bonds is 8. The molecule has 162 valence electrons. The zero-order chi connectivity index (χ0) is 22.1. The van der Waals surface area contributed by atoms with Crippen molar-refractivity contribution in [1.82, 2.24) is 4.31 Å². The third-order valence-electron chi connectivity index (χ3n) is 4.72. The molecular formula is C20H20F3NO5S. The van der Waals surface area contributed by atoms with Gasteiger partial charge in [0.05, 0.1) is 23.2 Å². The van der Waals surface area contributed by atoms with Gasteiger partial charge in [0.2, 0.25) is 10.0 Å². The van der Waals surface area contributed by atoms with Crippen molar-refractivity contribution in [3.63, 3.8) is 0 Å². The van der Waals surface area contributed by atoms with E-state index in [1.165, 1.54) is 13.1 Å². The molecule has 3 rings (SSSR count). The van der Waals surface area contributed by atoms with Crippen molar-refractivity contribution < 1.29 is 36.2 Å². The molecule has 10 heteroatoms. The number of nitrogens with zero attached hydrogens (tertiary/aromatic N) is 1. The Balaban J connectivity index is 1.98. The molecule has 1 fully saturated rings. The van der Waals surface area contributed by atoms with Crippen molar-refractivity contribution in [2.75, 3.05) is 20.2 Å². The highest BCUT2D eigenvalue weighted by Crippen LogP contribution is 2.35. The maximum absolute atomic E-state index is 13.4. The fraction of sp³-hybridized carbons (Fsp3) is 0.350. The zero-order valence-electron chi connectivity index (χ0n) is 16.0. The molecule has 2 aromatic carbocycles. The minimum absolute atomic E-state index is 0.0617. The predicted molar refractivity (Wildman–Crippen MR) is 102 cm³/mol. The fourth-order valence-electron chi connectivity index (χ4n) is 2.93. The number of aryl methyl sites for hydroxylation is 1. The normalized spacial score (nSPS) is 16.6. The number of hydrogen-bond donors (Lipinski definition) is 1. The van der Waals surface area contributed by atoms with Crippen molar-refractivity contribution in [3.05, 3.63) is 53.6 Å². The molecule has 1 atom stereocenters. The van der Waals surface area contributed by atoms with Crippen molar-refractivity contribution >= 4 is 16.0 Å². The monoisotopic (exact) mass is 443 g/mol. The first-order valence-corrected chi connectivity index (χ1v) is 10.5. The number of sulfonamides is 1. The average molecular weight is 443 g/mol. The number of halogens is 3. The van der Waals surface area contributed by atoms with Crippen LogP contribution in [0, 0.1) is 0 Å². The van der Waals surface area contributed by atoms with Crippen LogP contribution < -0.4 is 0 Å².